The Morgan fingerprint density at radius 1 is 0.938 bits per heavy atom. The number of aromatic nitrogens is 2. The molecule has 0 aliphatic carbocycles. The Hall–Kier alpha value is -3.45. The van der Waals surface area contributed by atoms with Crippen molar-refractivity contribution >= 4 is 28.1 Å². The lowest BCUT2D eigenvalue weighted by molar-refractivity contribution is -0.132. The summed E-state index contributed by atoms with van der Waals surface area (Å²) >= 11 is 1.55. The molecular formula is C25H24N4O2S. The van der Waals surface area contributed by atoms with Crippen molar-refractivity contribution in [2.24, 2.45) is 0 Å². The predicted molar refractivity (Wildman–Crippen MR) is 126 cm³/mol. The summed E-state index contributed by atoms with van der Waals surface area (Å²) in [6, 6.07) is 17.7. The summed E-state index contributed by atoms with van der Waals surface area (Å²) in [4.78, 5) is 35.0. The highest BCUT2D eigenvalue weighted by Gasteiger charge is 2.25. The molecule has 0 spiro atoms. The molecule has 2 amide bonds. The second kappa shape index (κ2) is 8.59. The van der Waals surface area contributed by atoms with Gasteiger partial charge in [0.2, 0.25) is 5.91 Å². The fraction of sp³-hybridized carbons (Fsp3) is 0.240. The van der Waals surface area contributed by atoms with E-state index in [0.29, 0.717) is 38.2 Å². The molecule has 5 rings (SSSR count). The summed E-state index contributed by atoms with van der Waals surface area (Å²) < 4.78 is 2.02. The third kappa shape index (κ3) is 4.03. The molecule has 3 heterocycles. The molecule has 0 N–H and O–H groups in total. The SMILES string of the molecule is Cc1ccc(C(=O)N2CCN(C(=O)Cc3csc4nc(-c5ccccc5)cn34)CC2)cc1. The summed E-state index contributed by atoms with van der Waals surface area (Å²) in [7, 11) is 0. The van der Waals surface area contributed by atoms with Gasteiger partial charge in [-0.1, -0.05) is 48.0 Å². The normalized spacial score (nSPS) is 14.2. The third-order valence-corrected chi connectivity index (χ3v) is 6.79. The second-order valence-electron chi connectivity index (χ2n) is 8.09. The monoisotopic (exact) mass is 444 g/mol. The fourth-order valence-corrected chi connectivity index (χ4v) is 4.88. The predicted octanol–water partition coefficient (Wildman–Crippen LogP) is 3.90. The molecule has 6 nitrogen and oxygen atoms in total. The van der Waals surface area contributed by atoms with Crippen LogP contribution in [0.5, 0.6) is 0 Å². The van der Waals surface area contributed by atoms with Gasteiger partial charge in [0.25, 0.3) is 5.91 Å². The number of carbonyl (C=O) groups excluding carboxylic acids is 2. The van der Waals surface area contributed by atoms with Crippen LogP contribution in [0, 0.1) is 6.92 Å². The minimum Gasteiger partial charge on any atom is -0.339 e. The van der Waals surface area contributed by atoms with Gasteiger partial charge in [-0.2, -0.15) is 0 Å². The van der Waals surface area contributed by atoms with Crippen LogP contribution < -0.4 is 0 Å². The molecule has 1 aliphatic rings. The summed E-state index contributed by atoms with van der Waals surface area (Å²) in [5.74, 6) is 0.116. The van der Waals surface area contributed by atoms with E-state index in [2.05, 4.69) is 0 Å². The molecule has 4 aromatic rings. The molecule has 0 radical (unpaired) electrons. The quantitative estimate of drug-likeness (QED) is 0.480. The van der Waals surface area contributed by atoms with E-state index in [0.717, 1.165) is 27.5 Å². The van der Waals surface area contributed by atoms with E-state index in [4.69, 9.17) is 4.98 Å². The van der Waals surface area contributed by atoms with Crippen LogP contribution in [0.4, 0.5) is 0 Å². The van der Waals surface area contributed by atoms with E-state index in [-0.39, 0.29) is 11.8 Å². The maximum atomic E-state index is 13.0. The first-order valence-electron chi connectivity index (χ1n) is 10.7. The number of carbonyl (C=O) groups is 2. The van der Waals surface area contributed by atoms with Crippen molar-refractivity contribution in [3.8, 4) is 11.3 Å². The third-order valence-electron chi connectivity index (χ3n) is 5.90. The minimum atomic E-state index is 0.0310. The van der Waals surface area contributed by atoms with E-state index in [1.54, 1.807) is 11.3 Å². The van der Waals surface area contributed by atoms with Gasteiger partial charge in [-0.3, -0.25) is 14.0 Å². The van der Waals surface area contributed by atoms with Crippen molar-refractivity contribution in [2.45, 2.75) is 13.3 Å². The topological polar surface area (TPSA) is 57.9 Å². The maximum absolute atomic E-state index is 13.0. The lowest BCUT2D eigenvalue weighted by Crippen LogP contribution is -2.51. The van der Waals surface area contributed by atoms with E-state index in [9.17, 15) is 9.59 Å². The van der Waals surface area contributed by atoms with Crippen LogP contribution in [-0.4, -0.2) is 57.2 Å². The van der Waals surface area contributed by atoms with E-state index in [1.165, 1.54) is 0 Å². The molecule has 162 valence electrons. The Bertz CT molecular complexity index is 1250. The maximum Gasteiger partial charge on any atom is 0.253 e. The van der Waals surface area contributed by atoms with Gasteiger partial charge in [-0.05, 0) is 19.1 Å². The molecule has 7 heteroatoms. The Kier molecular flexibility index (Phi) is 5.49. The first kappa shape index (κ1) is 20.5. The zero-order valence-electron chi connectivity index (χ0n) is 17.9. The zero-order chi connectivity index (χ0) is 22.1. The average molecular weight is 445 g/mol. The van der Waals surface area contributed by atoms with E-state index < -0.39 is 0 Å². The van der Waals surface area contributed by atoms with Crippen LogP contribution in [0.2, 0.25) is 0 Å². The highest BCUT2D eigenvalue weighted by Crippen LogP contribution is 2.24. The van der Waals surface area contributed by atoms with Crippen molar-refractivity contribution in [1.29, 1.82) is 0 Å². The number of piperazine rings is 1. The molecule has 0 atom stereocenters. The molecule has 1 fully saturated rings. The average Bonchev–Trinajstić information content (AvgIpc) is 3.42. The number of thiazole rings is 1. The van der Waals surface area contributed by atoms with Crippen LogP contribution in [-0.2, 0) is 11.2 Å². The van der Waals surface area contributed by atoms with Gasteiger partial charge in [0.1, 0.15) is 0 Å². The van der Waals surface area contributed by atoms with Gasteiger partial charge in [0.05, 0.1) is 12.1 Å². The molecule has 0 unspecified atom stereocenters. The Labute approximate surface area is 190 Å². The van der Waals surface area contributed by atoms with Gasteiger partial charge >= 0.3 is 0 Å². The number of benzene rings is 2. The molecule has 1 aliphatic heterocycles. The molecule has 2 aromatic heterocycles. The van der Waals surface area contributed by atoms with Gasteiger partial charge in [0, 0.05) is 54.6 Å². The van der Waals surface area contributed by atoms with Gasteiger partial charge in [0.15, 0.2) is 4.96 Å². The van der Waals surface area contributed by atoms with Crippen molar-refractivity contribution in [1.82, 2.24) is 19.2 Å². The molecule has 32 heavy (non-hydrogen) atoms. The second-order valence-corrected chi connectivity index (χ2v) is 8.92. The van der Waals surface area contributed by atoms with E-state index in [1.807, 2.05) is 87.3 Å². The number of amides is 2. The smallest absolute Gasteiger partial charge is 0.253 e. The Balaban J connectivity index is 1.22. The number of hydrogen-bond donors (Lipinski definition) is 0. The number of fused-ring (bicyclic) bond motifs is 1. The molecule has 2 aromatic carbocycles. The van der Waals surface area contributed by atoms with Crippen LogP contribution >= 0.6 is 11.3 Å². The molecular weight excluding hydrogens is 420 g/mol. The summed E-state index contributed by atoms with van der Waals surface area (Å²) in [6.45, 7) is 4.24. The molecule has 1 saturated heterocycles. The summed E-state index contributed by atoms with van der Waals surface area (Å²) in [5, 5.41) is 2.01. The number of rotatable bonds is 4. The van der Waals surface area contributed by atoms with Gasteiger partial charge in [-0.25, -0.2) is 4.98 Å². The van der Waals surface area contributed by atoms with Crippen LogP contribution in [0.1, 0.15) is 21.6 Å². The Morgan fingerprint density at radius 2 is 1.62 bits per heavy atom. The molecule has 0 bridgehead atoms. The number of hydrogen-bond acceptors (Lipinski definition) is 4. The number of aryl methyl sites for hydroxylation is 1. The van der Waals surface area contributed by atoms with Crippen molar-refractivity contribution < 1.29 is 9.59 Å². The fourth-order valence-electron chi connectivity index (χ4n) is 4.01. The van der Waals surface area contributed by atoms with Crippen LogP contribution in [0.15, 0.2) is 66.2 Å². The van der Waals surface area contributed by atoms with Crippen molar-refractivity contribution in [3.63, 3.8) is 0 Å². The van der Waals surface area contributed by atoms with Gasteiger partial charge < -0.3 is 9.80 Å². The Morgan fingerprint density at radius 3 is 2.34 bits per heavy atom. The molecule has 0 saturated carbocycles. The van der Waals surface area contributed by atoms with Crippen LogP contribution in [0.25, 0.3) is 16.2 Å². The highest BCUT2D eigenvalue weighted by molar-refractivity contribution is 7.15. The standard InChI is InChI=1S/C25H24N4O2S/c1-18-7-9-20(10-8-18)24(31)28-13-11-27(12-14-28)23(30)15-21-17-32-25-26-22(16-29(21)25)19-5-3-2-4-6-19/h2-10,16-17H,11-15H2,1H3. The first-order valence-corrected chi connectivity index (χ1v) is 11.6. The highest BCUT2D eigenvalue weighted by atomic mass is 32.1. The number of imidazole rings is 1. The van der Waals surface area contributed by atoms with Crippen molar-refractivity contribution in [3.05, 3.63) is 83.0 Å². The number of nitrogens with zero attached hydrogens (tertiary/aromatic N) is 4. The lowest BCUT2D eigenvalue weighted by atomic mass is 10.1. The largest absolute Gasteiger partial charge is 0.339 e. The van der Waals surface area contributed by atoms with Gasteiger partial charge in [-0.15, -0.1) is 11.3 Å². The van der Waals surface area contributed by atoms with Crippen LogP contribution in [0.3, 0.4) is 0 Å². The minimum absolute atomic E-state index is 0.0310. The summed E-state index contributed by atoms with van der Waals surface area (Å²) in [5.41, 5.74) is 4.76. The van der Waals surface area contributed by atoms with E-state index >= 15 is 0 Å². The first-order chi connectivity index (χ1) is 15.6. The lowest BCUT2D eigenvalue weighted by Gasteiger charge is -2.34. The summed E-state index contributed by atoms with van der Waals surface area (Å²) in [6.07, 6.45) is 2.33. The zero-order valence-corrected chi connectivity index (χ0v) is 18.7. The van der Waals surface area contributed by atoms with Crippen molar-refractivity contribution in [2.75, 3.05) is 26.2 Å².